The molecule has 1 heterocycles. The van der Waals surface area contributed by atoms with Crippen molar-refractivity contribution in [1.29, 1.82) is 0 Å². The Labute approximate surface area is 143 Å². The number of thioether (sulfide) groups is 1. The molecule has 120 valence electrons. The Morgan fingerprint density at radius 1 is 1.30 bits per heavy atom. The molecule has 0 radical (unpaired) electrons. The summed E-state index contributed by atoms with van der Waals surface area (Å²) in [5.74, 6) is -1.51. The SMILES string of the molecule is Cc1ccc(C(=O)/C=C2\SC(=S)N(CCCC(=O)O)C2=O)cc1. The number of carbonyl (C=O) groups is 3. The Bertz CT molecular complexity index is 695. The Morgan fingerprint density at radius 3 is 2.57 bits per heavy atom. The predicted molar refractivity (Wildman–Crippen MR) is 92.4 cm³/mol. The Hall–Kier alpha value is -1.99. The number of hydrogen-bond donors (Lipinski definition) is 1. The van der Waals surface area contributed by atoms with Crippen molar-refractivity contribution in [1.82, 2.24) is 4.90 Å². The summed E-state index contributed by atoms with van der Waals surface area (Å²) >= 11 is 6.20. The zero-order chi connectivity index (χ0) is 17.0. The van der Waals surface area contributed by atoms with Crippen LogP contribution in [0.5, 0.6) is 0 Å². The van der Waals surface area contributed by atoms with Gasteiger partial charge in [-0.1, -0.05) is 53.8 Å². The van der Waals surface area contributed by atoms with E-state index in [1.165, 1.54) is 11.0 Å². The van der Waals surface area contributed by atoms with Crippen LogP contribution in [-0.2, 0) is 9.59 Å². The quantitative estimate of drug-likeness (QED) is 0.484. The Morgan fingerprint density at radius 2 is 1.96 bits per heavy atom. The van der Waals surface area contributed by atoms with E-state index in [4.69, 9.17) is 17.3 Å². The first kappa shape index (κ1) is 17.4. The minimum absolute atomic E-state index is 0.0294. The molecule has 0 unspecified atom stereocenters. The van der Waals surface area contributed by atoms with Crippen molar-refractivity contribution in [2.75, 3.05) is 6.54 Å². The minimum Gasteiger partial charge on any atom is -0.481 e. The third-order valence-electron chi connectivity index (χ3n) is 3.24. The van der Waals surface area contributed by atoms with Crippen LogP contribution in [0.4, 0.5) is 0 Å². The van der Waals surface area contributed by atoms with Crippen LogP contribution in [0, 0.1) is 6.92 Å². The van der Waals surface area contributed by atoms with Crippen LogP contribution in [0.15, 0.2) is 35.2 Å². The maximum absolute atomic E-state index is 12.3. The molecule has 0 saturated carbocycles. The van der Waals surface area contributed by atoms with E-state index in [1.807, 2.05) is 19.1 Å². The largest absolute Gasteiger partial charge is 0.481 e. The fourth-order valence-corrected chi connectivity index (χ4v) is 3.28. The number of carboxylic acid groups (broad SMARTS) is 1. The average molecular weight is 349 g/mol. The smallest absolute Gasteiger partial charge is 0.303 e. The van der Waals surface area contributed by atoms with Crippen molar-refractivity contribution < 1.29 is 19.5 Å². The number of thiocarbonyl (C=S) groups is 1. The fourth-order valence-electron chi connectivity index (χ4n) is 2.00. The number of aliphatic carboxylic acids is 1. The number of ketones is 1. The molecule has 1 fully saturated rings. The highest BCUT2D eigenvalue weighted by molar-refractivity contribution is 8.26. The van der Waals surface area contributed by atoms with E-state index >= 15 is 0 Å². The number of allylic oxidation sites excluding steroid dienone is 1. The van der Waals surface area contributed by atoms with Crippen molar-refractivity contribution in [3.05, 3.63) is 46.4 Å². The molecule has 0 aromatic heterocycles. The highest BCUT2D eigenvalue weighted by atomic mass is 32.2. The molecule has 1 saturated heterocycles. The van der Waals surface area contributed by atoms with Gasteiger partial charge in [-0.25, -0.2) is 0 Å². The Balaban J connectivity index is 2.07. The van der Waals surface area contributed by atoms with Gasteiger partial charge in [0.2, 0.25) is 0 Å². The summed E-state index contributed by atoms with van der Waals surface area (Å²) in [5.41, 5.74) is 1.55. The van der Waals surface area contributed by atoms with Crippen LogP contribution in [0.3, 0.4) is 0 Å². The average Bonchev–Trinajstić information content (AvgIpc) is 2.75. The van der Waals surface area contributed by atoms with Gasteiger partial charge in [0.25, 0.3) is 5.91 Å². The molecular formula is C16H15NO4S2. The van der Waals surface area contributed by atoms with Crippen LogP contribution >= 0.6 is 24.0 Å². The van der Waals surface area contributed by atoms with E-state index in [2.05, 4.69) is 0 Å². The molecule has 0 aliphatic carbocycles. The molecule has 1 aromatic carbocycles. The monoisotopic (exact) mass is 349 g/mol. The molecule has 1 N–H and O–H groups in total. The second-order valence-electron chi connectivity index (χ2n) is 5.06. The maximum Gasteiger partial charge on any atom is 0.303 e. The van der Waals surface area contributed by atoms with Gasteiger partial charge in [-0.05, 0) is 13.3 Å². The first-order valence-corrected chi connectivity index (χ1v) is 8.19. The number of rotatable bonds is 6. The third kappa shape index (κ3) is 4.49. The zero-order valence-electron chi connectivity index (χ0n) is 12.4. The van der Waals surface area contributed by atoms with E-state index in [0.29, 0.717) is 16.3 Å². The highest BCUT2D eigenvalue weighted by Crippen LogP contribution is 2.31. The highest BCUT2D eigenvalue weighted by Gasteiger charge is 2.32. The summed E-state index contributed by atoms with van der Waals surface area (Å²) in [5, 5.41) is 8.64. The molecule has 0 atom stereocenters. The number of nitrogens with zero attached hydrogens (tertiary/aromatic N) is 1. The van der Waals surface area contributed by atoms with Crippen molar-refractivity contribution in [2.24, 2.45) is 0 Å². The lowest BCUT2D eigenvalue weighted by Gasteiger charge is -2.13. The summed E-state index contributed by atoms with van der Waals surface area (Å²) in [4.78, 5) is 36.6. The molecule has 1 aliphatic heterocycles. The number of aryl methyl sites for hydroxylation is 1. The normalized spacial score (nSPS) is 16.2. The second-order valence-corrected chi connectivity index (χ2v) is 6.74. The summed E-state index contributed by atoms with van der Waals surface area (Å²) in [7, 11) is 0. The molecular weight excluding hydrogens is 334 g/mol. The van der Waals surface area contributed by atoms with Crippen molar-refractivity contribution in [3.8, 4) is 0 Å². The van der Waals surface area contributed by atoms with Crippen LogP contribution in [-0.4, -0.2) is 38.5 Å². The fraction of sp³-hybridized carbons (Fsp3) is 0.250. The molecule has 7 heteroatoms. The number of benzene rings is 1. The van der Waals surface area contributed by atoms with Gasteiger partial charge in [0.1, 0.15) is 4.32 Å². The zero-order valence-corrected chi connectivity index (χ0v) is 14.1. The van der Waals surface area contributed by atoms with Gasteiger partial charge in [0.15, 0.2) is 5.78 Å². The molecule has 0 bridgehead atoms. The van der Waals surface area contributed by atoms with Gasteiger partial charge in [-0.2, -0.15) is 0 Å². The number of hydrogen-bond acceptors (Lipinski definition) is 5. The third-order valence-corrected chi connectivity index (χ3v) is 4.62. The molecule has 0 spiro atoms. The van der Waals surface area contributed by atoms with E-state index in [0.717, 1.165) is 17.3 Å². The van der Waals surface area contributed by atoms with E-state index < -0.39 is 5.97 Å². The van der Waals surface area contributed by atoms with Gasteiger partial charge < -0.3 is 5.11 Å². The lowest BCUT2D eigenvalue weighted by molar-refractivity contribution is -0.137. The van der Waals surface area contributed by atoms with Gasteiger partial charge in [-0.15, -0.1) is 0 Å². The summed E-state index contributed by atoms with van der Waals surface area (Å²) < 4.78 is 0.350. The van der Waals surface area contributed by atoms with Crippen LogP contribution in [0.25, 0.3) is 0 Å². The lowest BCUT2D eigenvalue weighted by Crippen LogP contribution is -2.29. The van der Waals surface area contributed by atoms with Crippen molar-refractivity contribution in [3.63, 3.8) is 0 Å². The number of carboxylic acids is 1. The second kappa shape index (κ2) is 7.52. The van der Waals surface area contributed by atoms with Gasteiger partial charge in [0.05, 0.1) is 4.91 Å². The van der Waals surface area contributed by atoms with Crippen molar-refractivity contribution in [2.45, 2.75) is 19.8 Å². The summed E-state index contributed by atoms with van der Waals surface area (Å²) in [6.07, 6.45) is 1.58. The van der Waals surface area contributed by atoms with Gasteiger partial charge in [0, 0.05) is 24.6 Å². The van der Waals surface area contributed by atoms with Crippen LogP contribution < -0.4 is 0 Å². The van der Waals surface area contributed by atoms with Gasteiger partial charge >= 0.3 is 5.97 Å². The summed E-state index contributed by atoms with van der Waals surface area (Å²) in [6, 6.07) is 7.08. The first-order valence-electron chi connectivity index (χ1n) is 6.96. The topological polar surface area (TPSA) is 74.7 Å². The standard InChI is InChI=1S/C16H15NO4S2/c1-10-4-6-11(7-5-10)12(18)9-13-15(21)17(16(22)23-13)8-2-3-14(19)20/h4-7,9H,2-3,8H2,1H3,(H,19,20)/b13-9-. The number of carbonyl (C=O) groups excluding carboxylic acids is 2. The van der Waals surface area contributed by atoms with E-state index in [-0.39, 0.29) is 29.6 Å². The summed E-state index contributed by atoms with van der Waals surface area (Å²) in [6.45, 7) is 2.17. The van der Waals surface area contributed by atoms with Crippen LogP contribution in [0.2, 0.25) is 0 Å². The lowest BCUT2D eigenvalue weighted by atomic mass is 10.1. The Kier molecular flexibility index (Phi) is 5.68. The molecule has 23 heavy (non-hydrogen) atoms. The van der Waals surface area contributed by atoms with Crippen LogP contribution in [0.1, 0.15) is 28.8 Å². The van der Waals surface area contributed by atoms with Crippen molar-refractivity contribution >= 4 is 46.0 Å². The molecule has 2 rings (SSSR count). The molecule has 5 nitrogen and oxygen atoms in total. The molecule has 1 aromatic rings. The van der Waals surface area contributed by atoms with E-state index in [9.17, 15) is 14.4 Å². The molecule has 1 amide bonds. The maximum atomic E-state index is 12.3. The minimum atomic E-state index is -0.916. The first-order chi connectivity index (χ1) is 10.9. The van der Waals surface area contributed by atoms with Gasteiger partial charge in [-0.3, -0.25) is 19.3 Å². The predicted octanol–water partition coefficient (Wildman–Crippen LogP) is 2.79. The number of amides is 1. The molecule has 1 aliphatic rings. The van der Waals surface area contributed by atoms with E-state index in [1.54, 1.807) is 12.1 Å².